The number of benzene rings is 1. The van der Waals surface area contributed by atoms with E-state index in [0.29, 0.717) is 5.75 Å². The summed E-state index contributed by atoms with van der Waals surface area (Å²) in [5.74, 6) is 0.421. The molecule has 2 aliphatic rings. The van der Waals surface area contributed by atoms with E-state index >= 15 is 0 Å². The second kappa shape index (κ2) is 3.75. The molecule has 1 aromatic rings. The van der Waals surface area contributed by atoms with E-state index in [9.17, 15) is 5.11 Å². The Morgan fingerprint density at radius 3 is 3.06 bits per heavy atom. The molecule has 2 heterocycles. The zero-order valence-electron chi connectivity index (χ0n) is 9.39. The van der Waals surface area contributed by atoms with E-state index in [1.807, 2.05) is 6.07 Å². The third-order valence-corrected chi connectivity index (χ3v) is 3.92. The number of nitrogens with two attached hydrogens (primary N) is 1. The molecule has 3 heteroatoms. The molecular formula is C13H18N2O. The highest BCUT2D eigenvalue weighted by Crippen LogP contribution is 2.40. The molecule has 0 radical (unpaired) electrons. The highest BCUT2D eigenvalue weighted by Gasteiger charge is 2.35. The highest BCUT2D eigenvalue weighted by atomic mass is 16.3. The fourth-order valence-electron chi connectivity index (χ4n) is 3.17. The van der Waals surface area contributed by atoms with E-state index in [4.69, 9.17) is 5.73 Å². The Balaban J connectivity index is 2.08. The van der Waals surface area contributed by atoms with Gasteiger partial charge in [0.2, 0.25) is 0 Å². The summed E-state index contributed by atoms with van der Waals surface area (Å²) in [6.45, 7) is 2.20. The van der Waals surface area contributed by atoms with Crippen LogP contribution in [0.25, 0.3) is 0 Å². The zero-order chi connectivity index (χ0) is 11.1. The predicted octanol–water partition coefficient (Wildman–Crippen LogP) is 1.41. The molecule has 0 saturated carbocycles. The summed E-state index contributed by atoms with van der Waals surface area (Å²) in [5, 5.41) is 10.0. The quantitative estimate of drug-likeness (QED) is 0.692. The minimum Gasteiger partial charge on any atom is -0.508 e. The van der Waals surface area contributed by atoms with Crippen molar-refractivity contribution in [3.63, 3.8) is 0 Å². The highest BCUT2D eigenvalue weighted by molar-refractivity contribution is 5.44. The van der Waals surface area contributed by atoms with Crippen molar-refractivity contribution in [1.29, 1.82) is 0 Å². The van der Waals surface area contributed by atoms with Gasteiger partial charge in [-0.2, -0.15) is 0 Å². The van der Waals surface area contributed by atoms with Gasteiger partial charge in [0.05, 0.1) is 6.04 Å². The van der Waals surface area contributed by atoms with Gasteiger partial charge in [-0.3, -0.25) is 4.90 Å². The Hall–Kier alpha value is -1.06. The standard InChI is InChI=1S/C13H18N2O/c14-10-4-2-7-15-8-6-9-3-1-5-11(16)12(9)13(10)15/h1,3,5,10,13,16H,2,4,6-8,14H2. The summed E-state index contributed by atoms with van der Waals surface area (Å²) in [6, 6.07) is 6.23. The van der Waals surface area contributed by atoms with Crippen LogP contribution >= 0.6 is 0 Å². The van der Waals surface area contributed by atoms with Gasteiger partial charge in [0, 0.05) is 18.2 Å². The monoisotopic (exact) mass is 218 g/mol. The van der Waals surface area contributed by atoms with Crippen LogP contribution in [0.15, 0.2) is 18.2 Å². The van der Waals surface area contributed by atoms with Gasteiger partial charge in [-0.15, -0.1) is 0 Å². The van der Waals surface area contributed by atoms with Crippen LogP contribution < -0.4 is 5.73 Å². The predicted molar refractivity (Wildman–Crippen MR) is 63.3 cm³/mol. The van der Waals surface area contributed by atoms with Crippen LogP contribution in [0.2, 0.25) is 0 Å². The first kappa shape index (κ1) is 10.1. The maximum atomic E-state index is 10.0. The average molecular weight is 218 g/mol. The van der Waals surface area contributed by atoms with Crippen molar-refractivity contribution in [3.8, 4) is 5.75 Å². The summed E-state index contributed by atoms with van der Waals surface area (Å²) in [5.41, 5.74) is 8.58. The number of piperidine rings is 1. The Morgan fingerprint density at radius 1 is 1.31 bits per heavy atom. The molecule has 3 rings (SSSR count). The van der Waals surface area contributed by atoms with E-state index in [-0.39, 0.29) is 12.1 Å². The molecule has 3 nitrogen and oxygen atoms in total. The lowest BCUT2D eigenvalue weighted by atomic mass is 9.83. The molecule has 0 amide bonds. The van der Waals surface area contributed by atoms with Crippen molar-refractivity contribution in [2.24, 2.45) is 5.73 Å². The lowest BCUT2D eigenvalue weighted by molar-refractivity contribution is 0.116. The topological polar surface area (TPSA) is 49.5 Å². The van der Waals surface area contributed by atoms with E-state index in [0.717, 1.165) is 31.5 Å². The molecule has 0 bridgehead atoms. The maximum Gasteiger partial charge on any atom is 0.120 e. The molecule has 3 N–H and O–H groups in total. The van der Waals surface area contributed by atoms with Gasteiger partial charge in [0.15, 0.2) is 0 Å². The molecule has 2 unspecified atom stereocenters. The minimum atomic E-state index is 0.168. The fourth-order valence-corrected chi connectivity index (χ4v) is 3.17. The van der Waals surface area contributed by atoms with Crippen LogP contribution in [0.3, 0.4) is 0 Å². The Bertz CT molecular complexity index is 405. The summed E-state index contributed by atoms with van der Waals surface area (Å²) in [4.78, 5) is 2.43. The van der Waals surface area contributed by atoms with Crippen LogP contribution in [0.4, 0.5) is 0 Å². The molecule has 0 spiro atoms. The van der Waals surface area contributed by atoms with E-state index in [1.165, 1.54) is 12.0 Å². The Kier molecular flexibility index (Phi) is 2.37. The van der Waals surface area contributed by atoms with Crippen molar-refractivity contribution in [2.45, 2.75) is 31.3 Å². The van der Waals surface area contributed by atoms with Crippen LogP contribution in [0.1, 0.15) is 30.0 Å². The third-order valence-electron chi connectivity index (χ3n) is 3.92. The van der Waals surface area contributed by atoms with Crippen molar-refractivity contribution in [2.75, 3.05) is 13.1 Å². The molecule has 1 aromatic carbocycles. The SMILES string of the molecule is NC1CCCN2CCc3cccc(O)c3C12. The molecule has 0 aromatic heterocycles. The normalized spacial score (nSPS) is 29.6. The van der Waals surface area contributed by atoms with Crippen LogP contribution in [-0.4, -0.2) is 29.1 Å². The van der Waals surface area contributed by atoms with Gasteiger partial charge in [0.1, 0.15) is 5.75 Å². The van der Waals surface area contributed by atoms with E-state index < -0.39 is 0 Å². The smallest absolute Gasteiger partial charge is 0.120 e. The molecule has 1 fully saturated rings. The fraction of sp³-hybridized carbons (Fsp3) is 0.538. The summed E-state index contributed by atoms with van der Waals surface area (Å²) in [6.07, 6.45) is 3.28. The van der Waals surface area contributed by atoms with Crippen molar-refractivity contribution in [1.82, 2.24) is 4.90 Å². The van der Waals surface area contributed by atoms with Gasteiger partial charge in [-0.25, -0.2) is 0 Å². The number of hydrogen-bond donors (Lipinski definition) is 2. The van der Waals surface area contributed by atoms with Crippen LogP contribution in [-0.2, 0) is 6.42 Å². The van der Waals surface area contributed by atoms with Gasteiger partial charge in [-0.05, 0) is 37.4 Å². The lowest BCUT2D eigenvalue weighted by Crippen LogP contribution is -2.48. The lowest BCUT2D eigenvalue weighted by Gasteiger charge is -2.44. The molecule has 1 saturated heterocycles. The largest absolute Gasteiger partial charge is 0.508 e. The van der Waals surface area contributed by atoms with E-state index in [2.05, 4.69) is 11.0 Å². The zero-order valence-corrected chi connectivity index (χ0v) is 9.39. The second-order valence-electron chi connectivity index (χ2n) is 4.89. The summed E-state index contributed by atoms with van der Waals surface area (Å²) in [7, 11) is 0. The average Bonchev–Trinajstić information content (AvgIpc) is 2.29. The molecule has 2 aliphatic heterocycles. The van der Waals surface area contributed by atoms with E-state index in [1.54, 1.807) is 6.07 Å². The molecule has 16 heavy (non-hydrogen) atoms. The first-order chi connectivity index (χ1) is 7.77. The number of aromatic hydroxyl groups is 1. The van der Waals surface area contributed by atoms with Gasteiger partial charge in [-0.1, -0.05) is 12.1 Å². The van der Waals surface area contributed by atoms with Crippen molar-refractivity contribution >= 4 is 0 Å². The van der Waals surface area contributed by atoms with Gasteiger partial charge < -0.3 is 10.8 Å². The summed E-state index contributed by atoms with van der Waals surface area (Å²) >= 11 is 0. The number of rotatable bonds is 0. The van der Waals surface area contributed by atoms with Crippen molar-refractivity contribution in [3.05, 3.63) is 29.3 Å². The van der Waals surface area contributed by atoms with Gasteiger partial charge in [0.25, 0.3) is 0 Å². The van der Waals surface area contributed by atoms with Crippen LogP contribution in [0, 0.1) is 0 Å². The Morgan fingerprint density at radius 2 is 2.19 bits per heavy atom. The third kappa shape index (κ3) is 1.43. The van der Waals surface area contributed by atoms with Crippen LogP contribution in [0.5, 0.6) is 5.75 Å². The first-order valence-corrected chi connectivity index (χ1v) is 6.08. The van der Waals surface area contributed by atoms with Gasteiger partial charge >= 0.3 is 0 Å². The number of phenols is 1. The maximum absolute atomic E-state index is 10.0. The molecule has 86 valence electrons. The summed E-state index contributed by atoms with van der Waals surface area (Å²) < 4.78 is 0. The Labute approximate surface area is 95.9 Å². The molecule has 2 atom stereocenters. The minimum absolute atomic E-state index is 0.168. The number of phenolic OH excluding ortho intramolecular Hbond substituents is 1. The second-order valence-corrected chi connectivity index (χ2v) is 4.89. The number of hydrogen-bond acceptors (Lipinski definition) is 3. The van der Waals surface area contributed by atoms with Crippen molar-refractivity contribution < 1.29 is 5.11 Å². The number of nitrogens with zero attached hydrogens (tertiary/aromatic N) is 1. The number of fused-ring (bicyclic) bond motifs is 3. The molecule has 0 aliphatic carbocycles. The first-order valence-electron chi connectivity index (χ1n) is 6.08. The molecular weight excluding hydrogens is 200 g/mol.